The quantitative estimate of drug-likeness (QED) is 0.273. The molecule has 0 saturated heterocycles. The van der Waals surface area contributed by atoms with E-state index in [0.29, 0.717) is 0 Å². The van der Waals surface area contributed by atoms with Gasteiger partial charge in [0.1, 0.15) is 0 Å². The lowest BCUT2D eigenvalue weighted by Gasteiger charge is -2.26. The molecule has 0 saturated carbocycles. The zero-order chi connectivity index (χ0) is 24.1. The van der Waals surface area contributed by atoms with Gasteiger partial charge in [-0.25, -0.2) is 0 Å². The second kappa shape index (κ2) is 8.71. The molecule has 33 heavy (non-hydrogen) atoms. The van der Waals surface area contributed by atoms with E-state index in [2.05, 4.69) is 134 Å². The summed E-state index contributed by atoms with van der Waals surface area (Å²) in [5.41, 5.74) is 9.09. The van der Waals surface area contributed by atoms with E-state index < -0.39 is 0 Å². The summed E-state index contributed by atoms with van der Waals surface area (Å²) < 4.78 is 2.23. The normalized spacial score (nSPS) is 14.5. The predicted molar refractivity (Wildman–Crippen MR) is 152 cm³/mol. The van der Waals surface area contributed by atoms with Crippen LogP contribution < -0.4 is 10.4 Å². The van der Waals surface area contributed by atoms with Crippen LogP contribution in [0.15, 0.2) is 63.6 Å². The first-order valence-electron chi connectivity index (χ1n) is 11.5. The van der Waals surface area contributed by atoms with Gasteiger partial charge in [-0.3, -0.25) is 0 Å². The molecule has 0 bridgehead atoms. The smallest absolute Gasteiger partial charge is 0.0178 e. The summed E-state index contributed by atoms with van der Waals surface area (Å²) in [6.07, 6.45) is 6.46. The lowest BCUT2D eigenvalue weighted by molar-refractivity contribution is 0.369. The minimum Gasteiger partial charge on any atom is -0.0916 e. The highest BCUT2D eigenvalue weighted by Gasteiger charge is 2.36. The summed E-state index contributed by atoms with van der Waals surface area (Å²) in [4.78, 5) is 0. The maximum atomic E-state index is 4.53. The molecule has 3 aromatic carbocycles. The van der Waals surface area contributed by atoms with E-state index in [1.54, 1.807) is 0 Å². The topological polar surface area (TPSA) is 0 Å². The molecule has 4 rings (SSSR count). The van der Waals surface area contributed by atoms with E-state index >= 15 is 0 Å². The molecule has 170 valence electrons. The van der Waals surface area contributed by atoms with Gasteiger partial charge >= 0.3 is 0 Å². The Morgan fingerprint density at radius 2 is 1.48 bits per heavy atom. The first kappa shape index (κ1) is 24.2. The maximum absolute atomic E-state index is 4.53. The van der Waals surface area contributed by atoms with Crippen LogP contribution in [0.2, 0.25) is 0 Å². The summed E-state index contributed by atoms with van der Waals surface area (Å²) >= 11 is 7.38. The molecule has 0 amide bonds. The number of allylic oxidation sites excluding steroid dienone is 2. The van der Waals surface area contributed by atoms with Crippen molar-refractivity contribution in [2.24, 2.45) is 5.41 Å². The average molecular weight is 564 g/mol. The van der Waals surface area contributed by atoms with Crippen LogP contribution in [0.5, 0.6) is 0 Å². The number of hydrogen-bond donors (Lipinski definition) is 0. The predicted octanol–water partition coefficient (Wildman–Crippen LogP) is 8.54. The summed E-state index contributed by atoms with van der Waals surface area (Å²) in [7, 11) is 0. The van der Waals surface area contributed by atoms with Crippen LogP contribution >= 0.6 is 31.9 Å². The Bertz CT molecular complexity index is 1370. The molecule has 0 radical (unpaired) electrons. The van der Waals surface area contributed by atoms with Crippen molar-refractivity contribution < 1.29 is 0 Å². The van der Waals surface area contributed by atoms with Gasteiger partial charge in [-0.05, 0) is 105 Å². The Kier molecular flexibility index (Phi) is 6.39. The molecular weight excluding hydrogens is 532 g/mol. The van der Waals surface area contributed by atoms with Crippen LogP contribution in [0, 0.1) is 5.41 Å². The first-order valence-corrected chi connectivity index (χ1v) is 13.1. The van der Waals surface area contributed by atoms with Crippen LogP contribution in [0.1, 0.15) is 57.7 Å². The highest BCUT2D eigenvalue weighted by atomic mass is 79.9. The van der Waals surface area contributed by atoms with Crippen molar-refractivity contribution in [3.05, 3.63) is 90.7 Å². The molecule has 1 aliphatic rings. The van der Waals surface area contributed by atoms with Crippen molar-refractivity contribution in [2.45, 2.75) is 52.9 Å². The van der Waals surface area contributed by atoms with Crippen molar-refractivity contribution in [3.8, 4) is 22.3 Å². The Hall–Kier alpha value is -1.90. The van der Waals surface area contributed by atoms with Crippen molar-refractivity contribution in [1.82, 2.24) is 0 Å². The van der Waals surface area contributed by atoms with Gasteiger partial charge < -0.3 is 0 Å². The van der Waals surface area contributed by atoms with E-state index in [1.165, 1.54) is 38.9 Å². The third kappa shape index (κ3) is 4.33. The number of hydrogen-bond acceptors (Lipinski definition) is 0. The van der Waals surface area contributed by atoms with Crippen molar-refractivity contribution in [3.63, 3.8) is 0 Å². The number of fused-ring (bicyclic) bond motifs is 3. The Balaban J connectivity index is 1.93. The molecule has 0 spiro atoms. The van der Waals surface area contributed by atoms with E-state index in [0.717, 1.165) is 32.2 Å². The second-order valence-electron chi connectivity index (χ2n) is 10.5. The summed E-state index contributed by atoms with van der Waals surface area (Å²) in [6, 6.07) is 15.6. The van der Waals surface area contributed by atoms with Crippen LogP contribution in [0.25, 0.3) is 35.4 Å². The van der Waals surface area contributed by atoms with Gasteiger partial charge in [0, 0.05) is 14.4 Å². The van der Waals surface area contributed by atoms with E-state index in [4.69, 9.17) is 0 Å². The molecule has 0 aromatic heterocycles. The second-order valence-corrected chi connectivity index (χ2v) is 12.4. The van der Waals surface area contributed by atoms with Crippen LogP contribution in [-0.2, 0) is 11.8 Å². The SMILES string of the molecule is C=c1c(-c2ccc(Br)cc2CC(C)(C)C/C=C\C)cc2c(c1=C)-c1ccc(Br)cc1C2(C)C. The molecule has 0 atom stereocenters. The molecule has 0 fully saturated rings. The molecule has 3 aromatic rings. The van der Waals surface area contributed by atoms with Gasteiger partial charge in [0.15, 0.2) is 0 Å². The van der Waals surface area contributed by atoms with Crippen molar-refractivity contribution in [1.29, 1.82) is 0 Å². The summed E-state index contributed by atoms with van der Waals surface area (Å²) in [6.45, 7) is 20.5. The van der Waals surface area contributed by atoms with E-state index in [9.17, 15) is 0 Å². The van der Waals surface area contributed by atoms with Crippen molar-refractivity contribution >= 4 is 45.0 Å². The zero-order valence-corrected chi connectivity index (χ0v) is 23.5. The van der Waals surface area contributed by atoms with Crippen LogP contribution in [-0.4, -0.2) is 0 Å². The van der Waals surface area contributed by atoms with Crippen molar-refractivity contribution in [2.75, 3.05) is 0 Å². The number of benzene rings is 3. The minimum absolute atomic E-state index is 0.0932. The van der Waals surface area contributed by atoms with E-state index in [1.807, 2.05) is 0 Å². The third-order valence-corrected chi connectivity index (χ3v) is 8.07. The van der Waals surface area contributed by atoms with E-state index in [-0.39, 0.29) is 10.8 Å². The molecule has 0 N–H and O–H groups in total. The summed E-state index contributed by atoms with van der Waals surface area (Å²) in [5, 5.41) is 2.06. The number of halogens is 2. The van der Waals surface area contributed by atoms with Crippen LogP contribution in [0.3, 0.4) is 0 Å². The largest absolute Gasteiger partial charge is 0.0916 e. The highest BCUT2D eigenvalue weighted by molar-refractivity contribution is 9.10. The maximum Gasteiger partial charge on any atom is 0.0178 e. The standard InChI is InChI=1S/C31H32Br2/c1-8-9-14-30(4,5)18-21-15-22(32)10-12-24(21)26-17-28-29(20(3)19(26)2)25-13-11-23(33)16-27(25)31(28,6)7/h8-13,15-17H,2-3,14,18H2,1,4-7H3/b9-8-. The Morgan fingerprint density at radius 1 is 0.848 bits per heavy atom. The average Bonchev–Trinajstić information content (AvgIpc) is 2.96. The lowest BCUT2D eigenvalue weighted by atomic mass is 9.78. The molecule has 0 heterocycles. The molecule has 1 aliphatic carbocycles. The van der Waals surface area contributed by atoms with Gasteiger partial charge in [-0.2, -0.15) is 0 Å². The molecule has 0 unspecified atom stereocenters. The lowest BCUT2D eigenvalue weighted by Crippen LogP contribution is -2.29. The van der Waals surface area contributed by atoms with Gasteiger partial charge in [0.2, 0.25) is 0 Å². The molecule has 2 heteroatoms. The van der Waals surface area contributed by atoms with Gasteiger partial charge in [0.05, 0.1) is 0 Å². The molecular formula is C31H32Br2. The van der Waals surface area contributed by atoms with Gasteiger partial charge in [-0.1, -0.05) is 97.0 Å². The van der Waals surface area contributed by atoms with Gasteiger partial charge in [-0.15, -0.1) is 0 Å². The Morgan fingerprint density at radius 3 is 2.15 bits per heavy atom. The minimum atomic E-state index is -0.0932. The fourth-order valence-corrected chi connectivity index (χ4v) is 5.98. The zero-order valence-electron chi connectivity index (χ0n) is 20.3. The third-order valence-electron chi connectivity index (χ3n) is 7.08. The monoisotopic (exact) mass is 562 g/mol. The molecule has 0 aliphatic heterocycles. The summed E-state index contributed by atoms with van der Waals surface area (Å²) in [5.74, 6) is 0. The van der Waals surface area contributed by atoms with Crippen LogP contribution in [0.4, 0.5) is 0 Å². The fourth-order valence-electron chi connectivity index (χ4n) is 5.21. The van der Waals surface area contributed by atoms with Gasteiger partial charge in [0.25, 0.3) is 0 Å². The molecule has 0 nitrogen and oxygen atoms in total. The number of rotatable bonds is 5. The Labute approximate surface area is 215 Å². The fraction of sp³-hybridized carbons (Fsp3) is 0.290. The highest BCUT2D eigenvalue weighted by Crippen LogP contribution is 2.48. The first-order chi connectivity index (χ1) is 15.5.